The Kier molecular flexibility index (Phi) is 4.52. The highest BCUT2D eigenvalue weighted by atomic mass is 16.6. The summed E-state index contributed by atoms with van der Waals surface area (Å²) in [6, 6.07) is 14.8. The fraction of sp³-hybridized carbons (Fsp3) is 0.200. The Balaban J connectivity index is 1.62. The van der Waals surface area contributed by atoms with Crippen LogP contribution in [0, 0.1) is 10.1 Å². The Morgan fingerprint density at radius 2 is 1.89 bits per heavy atom. The number of esters is 1. The van der Waals surface area contributed by atoms with Crippen molar-refractivity contribution in [2.75, 3.05) is 6.54 Å². The molecule has 0 radical (unpaired) electrons. The lowest BCUT2D eigenvalue weighted by atomic mass is 10.0. The number of carbonyl (C=O) groups is 2. The van der Waals surface area contributed by atoms with Gasteiger partial charge in [-0.2, -0.15) is 0 Å². The molecular formula is C20H16N2O6. The molecular weight excluding hydrogens is 364 g/mol. The molecule has 28 heavy (non-hydrogen) atoms. The van der Waals surface area contributed by atoms with Gasteiger partial charge in [0.2, 0.25) is 5.91 Å². The molecule has 2 aliphatic rings. The summed E-state index contributed by atoms with van der Waals surface area (Å²) in [7, 11) is 0. The molecule has 0 aromatic heterocycles. The van der Waals surface area contributed by atoms with E-state index in [0.29, 0.717) is 11.3 Å². The van der Waals surface area contributed by atoms with Crippen LogP contribution in [0.2, 0.25) is 0 Å². The van der Waals surface area contributed by atoms with Gasteiger partial charge in [-0.1, -0.05) is 30.3 Å². The molecule has 2 fully saturated rings. The molecule has 0 aliphatic carbocycles. The first-order valence-electron chi connectivity index (χ1n) is 8.68. The van der Waals surface area contributed by atoms with Crippen LogP contribution in [0.3, 0.4) is 0 Å². The molecule has 2 aromatic carbocycles. The van der Waals surface area contributed by atoms with Crippen LogP contribution in [0.15, 0.2) is 60.4 Å². The van der Waals surface area contributed by atoms with Gasteiger partial charge in [-0.15, -0.1) is 0 Å². The van der Waals surface area contributed by atoms with Gasteiger partial charge in [0.25, 0.3) is 5.69 Å². The molecule has 2 aliphatic heterocycles. The number of nitro benzene ring substituents is 1. The Morgan fingerprint density at radius 1 is 1.18 bits per heavy atom. The molecule has 1 unspecified atom stereocenters. The number of benzene rings is 2. The SMILES string of the molecule is O=C(OCc1ccccc1)C(=C1CN2C(=O)CC2O1)c1ccc([N+](=O)[O-])cc1. The van der Waals surface area contributed by atoms with Crippen LogP contribution >= 0.6 is 0 Å². The van der Waals surface area contributed by atoms with Gasteiger partial charge in [0.1, 0.15) is 17.9 Å². The van der Waals surface area contributed by atoms with Crippen molar-refractivity contribution in [2.24, 2.45) is 0 Å². The van der Waals surface area contributed by atoms with Crippen LogP contribution in [0.25, 0.3) is 5.57 Å². The molecule has 0 bridgehead atoms. The lowest BCUT2D eigenvalue weighted by Gasteiger charge is -2.30. The van der Waals surface area contributed by atoms with E-state index in [1.807, 2.05) is 30.3 Å². The molecule has 0 saturated carbocycles. The summed E-state index contributed by atoms with van der Waals surface area (Å²) in [6.07, 6.45) is -0.0895. The maximum absolute atomic E-state index is 12.8. The van der Waals surface area contributed by atoms with Gasteiger partial charge < -0.3 is 9.47 Å². The number of hydrogen-bond acceptors (Lipinski definition) is 6. The van der Waals surface area contributed by atoms with Crippen LogP contribution in [0.1, 0.15) is 17.5 Å². The third kappa shape index (κ3) is 3.32. The number of hydrogen-bond donors (Lipinski definition) is 0. The largest absolute Gasteiger partial charge is 0.471 e. The van der Waals surface area contributed by atoms with E-state index in [9.17, 15) is 19.7 Å². The van der Waals surface area contributed by atoms with Crippen LogP contribution < -0.4 is 0 Å². The standard InChI is InChI=1S/C20H16N2O6/c23-17-10-18-21(17)11-16(28-18)19(14-6-8-15(9-7-14)22(25)26)20(24)27-12-13-4-2-1-3-5-13/h1-9,18H,10-12H2. The first-order valence-corrected chi connectivity index (χ1v) is 8.68. The number of ether oxygens (including phenoxy) is 2. The topological polar surface area (TPSA) is 99.0 Å². The van der Waals surface area contributed by atoms with Crippen molar-refractivity contribution in [3.05, 3.63) is 81.6 Å². The monoisotopic (exact) mass is 380 g/mol. The molecule has 1 atom stereocenters. The van der Waals surface area contributed by atoms with Gasteiger partial charge >= 0.3 is 5.97 Å². The fourth-order valence-electron chi connectivity index (χ4n) is 3.15. The number of carbonyl (C=O) groups excluding carboxylic acids is 2. The highest BCUT2D eigenvalue weighted by Gasteiger charge is 2.45. The van der Waals surface area contributed by atoms with E-state index in [2.05, 4.69) is 0 Å². The van der Waals surface area contributed by atoms with E-state index < -0.39 is 10.9 Å². The van der Waals surface area contributed by atoms with E-state index in [1.54, 1.807) is 0 Å². The normalized spacial score (nSPS) is 19.4. The van der Waals surface area contributed by atoms with Crippen molar-refractivity contribution in [3.8, 4) is 0 Å². The molecule has 4 rings (SSSR count). The average molecular weight is 380 g/mol. The van der Waals surface area contributed by atoms with Gasteiger partial charge in [0, 0.05) is 12.1 Å². The maximum atomic E-state index is 12.8. The molecule has 0 N–H and O–H groups in total. The van der Waals surface area contributed by atoms with Gasteiger partial charge in [-0.25, -0.2) is 4.79 Å². The minimum atomic E-state index is -0.609. The highest BCUT2D eigenvalue weighted by molar-refractivity contribution is 6.17. The van der Waals surface area contributed by atoms with Gasteiger partial charge in [0.05, 0.1) is 17.9 Å². The summed E-state index contributed by atoms with van der Waals surface area (Å²) < 4.78 is 11.2. The number of rotatable bonds is 5. The van der Waals surface area contributed by atoms with E-state index >= 15 is 0 Å². The minimum Gasteiger partial charge on any atom is -0.471 e. The summed E-state index contributed by atoms with van der Waals surface area (Å²) in [5.41, 5.74) is 1.36. The highest BCUT2D eigenvalue weighted by Crippen LogP contribution is 2.35. The van der Waals surface area contributed by atoms with Crippen LogP contribution in [0.5, 0.6) is 0 Å². The molecule has 2 saturated heterocycles. The lowest BCUT2D eigenvalue weighted by molar-refractivity contribution is -0.384. The second kappa shape index (κ2) is 7.15. The third-order valence-electron chi connectivity index (χ3n) is 4.67. The molecule has 1 amide bonds. The van der Waals surface area contributed by atoms with Crippen LogP contribution in [0.4, 0.5) is 5.69 Å². The van der Waals surface area contributed by atoms with E-state index in [-0.39, 0.29) is 43.0 Å². The minimum absolute atomic E-state index is 0.0410. The lowest BCUT2D eigenvalue weighted by Crippen LogP contribution is -2.48. The van der Waals surface area contributed by atoms with Crippen LogP contribution in [-0.2, 0) is 25.7 Å². The molecule has 8 nitrogen and oxygen atoms in total. The van der Waals surface area contributed by atoms with Gasteiger partial charge in [0.15, 0.2) is 6.23 Å². The van der Waals surface area contributed by atoms with E-state index in [0.717, 1.165) is 5.56 Å². The quantitative estimate of drug-likeness (QED) is 0.260. The van der Waals surface area contributed by atoms with Crippen molar-refractivity contribution in [2.45, 2.75) is 19.3 Å². The van der Waals surface area contributed by atoms with E-state index in [1.165, 1.54) is 29.2 Å². The van der Waals surface area contributed by atoms with Crippen LogP contribution in [-0.4, -0.2) is 34.5 Å². The molecule has 142 valence electrons. The van der Waals surface area contributed by atoms with Crippen molar-refractivity contribution in [3.63, 3.8) is 0 Å². The van der Waals surface area contributed by atoms with Crippen molar-refractivity contribution in [1.29, 1.82) is 0 Å². The number of nitrogens with zero attached hydrogens (tertiary/aromatic N) is 2. The van der Waals surface area contributed by atoms with E-state index in [4.69, 9.17) is 9.47 Å². The zero-order valence-electron chi connectivity index (χ0n) is 14.7. The molecule has 8 heteroatoms. The smallest absolute Gasteiger partial charge is 0.342 e. The number of fused-ring (bicyclic) bond motifs is 1. The zero-order valence-corrected chi connectivity index (χ0v) is 14.7. The summed E-state index contributed by atoms with van der Waals surface area (Å²) in [5.74, 6) is -0.314. The molecule has 2 heterocycles. The van der Waals surface area contributed by atoms with Crippen molar-refractivity contribution >= 4 is 23.1 Å². The fourth-order valence-corrected chi connectivity index (χ4v) is 3.15. The Bertz CT molecular complexity index is 968. The first kappa shape index (κ1) is 17.7. The predicted molar refractivity (Wildman–Crippen MR) is 97.5 cm³/mol. The van der Waals surface area contributed by atoms with Crippen molar-refractivity contribution in [1.82, 2.24) is 4.90 Å². The second-order valence-electron chi connectivity index (χ2n) is 6.46. The summed E-state index contributed by atoms with van der Waals surface area (Å²) in [5, 5.41) is 10.9. The second-order valence-corrected chi connectivity index (χ2v) is 6.46. The maximum Gasteiger partial charge on any atom is 0.342 e. The Labute approximate surface area is 160 Å². The summed E-state index contributed by atoms with van der Waals surface area (Å²) in [4.78, 5) is 36.4. The van der Waals surface area contributed by atoms with Gasteiger partial charge in [-0.05, 0) is 23.3 Å². The number of nitro groups is 1. The average Bonchev–Trinajstić information content (AvgIpc) is 3.04. The number of amides is 1. The number of non-ortho nitro benzene ring substituents is 1. The third-order valence-corrected chi connectivity index (χ3v) is 4.67. The predicted octanol–water partition coefficient (Wildman–Crippen LogP) is 2.64. The zero-order chi connectivity index (χ0) is 19.7. The Hall–Kier alpha value is -3.68. The molecule has 2 aromatic rings. The van der Waals surface area contributed by atoms with Crippen molar-refractivity contribution < 1.29 is 24.0 Å². The molecule has 0 spiro atoms. The summed E-state index contributed by atoms with van der Waals surface area (Å²) in [6.45, 7) is 0.256. The Morgan fingerprint density at radius 3 is 2.50 bits per heavy atom. The van der Waals surface area contributed by atoms with Gasteiger partial charge in [-0.3, -0.25) is 19.8 Å². The number of β-lactam (4-membered cyclic amide) rings is 1. The first-order chi connectivity index (χ1) is 13.5. The summed E-state index contributed by atoms with van der Waals surface area (Å²) >= 11 is 0.